The van der Waals surface area contributed by atoms with Gasteiger partial charge in [-0.15, -0.1) is 0 Å². The molecule has 1 aromatic rings. The molecule has 0 aliphatic heterocycles. The van der Waals surface area contributed by atoms with Gasteiger partial charge in [0.2, 0.25) is 0 Å². The summed E-state index contributed by atoms with van der Waals surface area (Å²) in [6, 6.07) is 7.88. The third-order valence-corrected chi connectivity index (χ3v) is 3.21. The highest BCUT2D eigenvalue weighted by atomic mass is 35.5. The summed E-state index contributed by atoms with van der Waals surface area (Å²) < 4.78 is 4.94. The van der Waals surface area contributed by atoms with Crippen LogP contribution in [0.15, 0.2) is 24.3 Å². The van der Waals surface area contributed by atoms with Crippen LogP contribution in [-0.4, -0.2) is 12.6 Å². The summed E-state index contributed by atoms with van der Waals surface area (Å²) in [6.07, 6.45) is 1.63. The minimum absolute atomic E-state index is 0.0797. The first-order chi connectivity index (χ1) is 7.70. The Bertz CT molecular complexity index is 372. The van der Waals surface area contributed by atoms with Crippen molar-refractivity contribution in [2.24, 2.45) is 5.92 Å². The molecule has 0 aromatic heterocycles. The molecule has 1 aliphatic rings. The van der Waals surface area contributed by atoms with Crippen LogP contribution in [0.2, 0.25) is 5.02 Å². The van der Waals surface area contributed by atoms with Crippen LogP contribution in [0.1, 0.15) is 31.2 Å². The van der Waals surface area contributed by atoms with Crippen molar-refractivity contribution in [2.75, 3.05) is 6.61 Å². The summed E-state index contributed by atoms with van der Waals surface area (Å²) in [6.45, 7) is 2.30. The van der Waals surface area contributed by atoms with Crippen LogP contribution in [0, 0.1) is 5.92 Å². The van der Waals surface area contributed by atoms with Crippen LogP contribution in [0.5, 0.6) is 0 Å². The van der Waals surface area contributed by atoms with Gasteiger partial charge in [0, 0.05) is 11.4 Å². The molecule has 86 valence electrons. The fourth-order valence-electron chi connectivity index (χ4n) is 2.03. The number of rotatable bonds is 4. The minimum Gasteiger partial charge on any atom is -0.466 e. The van der Waals surface area contributed by atoms with Crippen LogP contribution < -0.4 is 0 Å². The number of carbonyl (C=O) groups excluding carboxylic acids is 1. The molecule has 0 saturated heterocycles. The van der Waals surface area contributed by atoms with Crippen molar-refractivity contribution in [1.29, 1.82) is 0 Å². The molecule has 0 N–H and O–H groups in total. The lowest BCUT2D eigenvalue weighted by atomic mass is 10.1. The van der Waals surface area contributed by atoms with E-state index in [0.29, 0.717) is 24.9 Å². The fraction of sp³-hybridized carbons (Fsp3) is 0.462. The molecule has 1 saturated carbocycles. The van der Waals surface area contributed by atoms with Crippen molar-refractivity contribution >= 4 is 17.6 Å². The molecule has 0 unspecified atom stereocenters. The Labute approximate surface area is 101 Å². The maximum absolute atomic E-state index is 11.3. The van der Waals surface area contributed by atoms with Gasteiger partial charge in [-0.3, -0.25) is 4.79 Å². The lowest BCUT2D eigenvalue weighted by molar-refractivity contribution is -0.143. The quantitative estimate of drug-likeness (QED) is 0.752. The Hall–Kier alpha value is -1.02. The standard InChI is InChI=1S/C13H15ClO2/c1-2-16-13(15)8-10-7-12(10)9-3-5-11(14)6-4-9/h3-6,10,12H,2,7-8H2,1H3/t10-,12+/m0/s1. The third-order valence-electron chi connectivity index (χ3n) is 2.95. The van der Waals surface area contributed by atoms with Crippen molar-refractivity contribution in [1.82, 2.24) is 0 Å². The van der Waals surface area contributed by atoms with Gasteiger partial charge < -0.3 is 4.74 Å². The molecule has 2 atom stereocenters. The Morgan fingerprint density at radius 1 is 1.44 bits per heavy atom. The predicted octanol–water partition coefficient (Wildman–Crippen LogP) is 3.40. The maximum atomic E-state index is 11.3. The lowest BCUT2D eigenvalue weighted by Gasteiger charge is -2.01. The summed E-state index contributed by atoms with van der Waals surface area (Å²) in [5.41, 5.74) is 1.28. The van der Waals surface area contributed by atoms with E-state index < -0.39 is 0 Å². The number of carbonyl (C=O) groups is 1. The van der Waals surface area contributed by atoms with Gasteiger partial charge in [0.25, 0.3) is 0 Å². The normalized spacial score (nSPS) is 22.9. The van der Waals surface area contributed by atoms with E-state index in [2.05, 4.69) is 0 Å². The van der Waals surface area contributed by atoms with Gasteiger partial charge in [-0.1, -0.05) is 23.7 Å². The Morgan fingerprint density at radius 3 is 2.75 bits per heavy atom. The molecule has 0 heterocycles. The Kier molecular flexibility index (Phi) is 3.49. The Balaban J connectivity index is 1.87. The highest BCUT2D eigenvalue weighted by Gasteiger charge is 2.39. The molecular formula is C13H15ClO2. The third kappa shape index (κ3) is 2.76. The van der Waals surface area contributed by atoms with Crippen molar-refractivity contribution < 1.29 is 9.53 Å². The van der Waals surface area contributed by atoms with Gasteiger partial charge in [0.15, 0.2) is 0 Å². The fourth-order valence-corrected chi connectivity index (χ4v) is 2.15. The van der Waals surface area contributed by atoms with Gasteiger partial charge in [-0.2, -0.15) is 0 Å². The zero-order valence-electron chi connectivity index (χ0n) is 9.28. The largest absolute Gasteiger partial charge is 0.466 e. The molecule has 1 aliphatic carbocycles. The number of hydrogen-bond acceptors (Lipinski definition) is 2. The number of benzene rings is 1. The monoisotopic (exact) mass is 238 g/mol. The van der Waals surface area contributed by atoms with Gasteiger partial charge >= 0.3 is 5.97 Å². The zero-order valence-corrected chi connectivity index (χ0v) is 10.0. The Morgan fingerprint density at radius 2 is 2.12 bits per heavy atom. The van der Waals surface area contributed by atoms with E-state index in [4.69, 9.17) is 16.3 Å². The first kappa shape index (κ1) is 11.5. The van der Waals surface area contributed by atoms with E-state index in [1.54, 1.807) is 0 Å². The number of ether oxygens (including phenoxy) is 1. The maximum Gasteiger partial charge on any atom is 0.306 e. The molecule has 2 nitrogen and oxygen atoms in total. The van der Waals surface area contributed by atoms with Crippen LogP contribution in [0.25, 0.3) is 0 Å². The number of hydrogen-bond donors (Lipinski definition) is 0. The van der Waals surface area contributed by atoms with Crippen molar-refractivity contribution in [3.8, 4) is 0 Å². The van der Waals surface area contributed by atoms with E-state index in [0.717, 1.165) is 11.4 Å². The highest BCUT2D eigenvalue weighted by Crippen LogP contribution is 2.49. The molecule has 1 fully saturated rings. The van der Waals surface area contributed by atoms with Crippen LogP contribution in [0.3, 0.4) is 0 Å². The van der Waals surface area contributed by atoms with Crippen molar-refractivity contribution in [2.45, 2.75) is 25.7 Å². The van der Waals surface area contributed by atoms with Crippen molar-refractivity contribution in [3.63, 3.8) is 0 Å². The molecule has 1 aromatic carbocycles. The molecular weight excluding hydrogens is 224 g/mol. The molecule has 0 radical (unpaired) electrons. The second-order valence-electron chi connectivity index (χ2n) is 4.16. The summed E-state index contributed by atoms with van der Waals surface area (Å²) in [7, 11) is 0. The number of esters is 1. The first-order valence-electron chi connectivity index (χ1n) is 5.61. The second-order valence-corrected chi connectivity index (χ2v) is 4.60. The van der Waals surface area contributed by atoms with E-state index in [1.807, 2.05) is 31.2 Å². The lowest BCUT2D eigenvalue weighted by Crippen LogP contribution is -2.04. The van der Waals surface area contributed by atoms with Crippen LogP contribution in [0.4, 0.5) is 0 Å². The first-order valence-corrected chi connectivity index (χ1v) is 5.99. The number of halogens is 1. The van der Waals surface area contributed by atoms with Gasteiger partial charge in [0.05, 0.1) is 6.61 Å². The molecule has 16 heavy (non-hydrogen) atoms. The van der Waals surface area contributed by atoms with E-state index in [-0.39, 0.29) is 5.97 Å². The summed E-state index contributed by atoms with van der Waals surface area (Å²) in [4.78, 5) is 11.3. The van der Waals surface area contributed by atoms with Crippen molar-refractivity contribution in [3.05, 3.63) is 34.9 Å². The van der Waals surface area contributed by atoms with E-state index in [1.165, 1.54) is 5.56 Å². The summed E-state index contributed by atoms with van der Waals surface area (Å²) in [5.74, 6) is 0.894. The summed E-state index contributed by atoms with van der Waals surface area (Å²) in [5, 5.41) is 0.756. The zero-order chi connectivity index (χ0) is 11.5. The molecule has 0 spiro atoms. The highest BCUT2D eigenvalue weighted by molar-refractivity contribution is 6.30. The molecule has 3 heteroatoms. The topological polar surface area (TPSA) is 26.3 Å². The average Bonchev–Trinajstić information content (AvgIpc) is 2.98. The van der Waals surface area contributed by atoms with E-state index in [9.17, 15) is 4.79 Å². The SMILES string of the molecule is CCOC(=O)C[C@@H]1C[C@@H]1c1ccc(Cl)cc1. The van der Waals surface area contributed by atoms with Crippen LogP contribution >= 0.6 is 11.6 Å². The summed E-state index contributed by atoms with van der Waals surface area (Å²) >= 11 is 5.82. The van der Waals surface area contributed by atoms with Gasteiger partial charge in [0.1, 0.15) is 0 Å². The van der Waals surface area contributed by atoms with Crippen LogP contribution in [-0.2, 0) is 9.53 Å². The van der Waals surface area contributed by atoms with E-state index >= 15 is 0 Å². The average molecular weight is 239 g/mol. The molecule has 0 amide bonds. The smallest absolute Gasteiger partial charge is 0.306 e. The van der Waals surface area contributed by atoms with Gasteiger partial charge in [-0.05, 0) is 42.9 Å². The minimum atomic E-state index is -0.0797. The van der Waals surface area contributed by atoms with Gasteiger partial charge in [-0.25, -0.2) is 0 Å². The second kappa shape index (κ2) is 4.88. The predicted molar refractivity (Wildman–Crippen MR) is 63.6 cm³/mol. The molecule has 2 rings (SSSR count). The molecule has 0 bridgehead atoms.